The molecule has 1 aliphatic heterocycles. The molecular weight excluding hydrogens is 208 g/mol. The number of nitrogens with one attached hydrogen (secondary N) is 2. The summed E-state index contributed by atoms with van der Waals surface area (Å²) in [6.07, 6.45) is 1.83. The normalized spacial score (nSPS) is 21.1. The number of aliphatic carboxylic acids is 1. The first-order valence-corrected chi connectivity index (χ1v) is 5.76. The van der Waals surface area contributed by atoms with Crippen LogP contribution in [0.2, 0.25) is 0 Å². The van der Waals surface area contributed by atoms with Crippen molar-refractivity contribution < 1.29 is 14.7 Å². The van der Waals surface area contributed by atoms with Crippen molar-refractivity contribution in [2.75, 3.05) is 13.1 Å². The van der Waals surface area contributed by atoms with Gasteiger partial charge < -0.3 is 15.7 Å². The van der Waals surface area contributed by atoms with Crippen molar-refractivity contribution in [3.8, 4) is 0 Å². The van der Waals surface area contributed by atoms with E-state index < -0.39 is 17.8 Å². The van der Waals surface area contributed by atoms with E-state index in [2.05, 4.69) is 10.6 Å². The molecule has 0 aliphatic carbocycles. The van der Waals surface area contributed by atoms with Gasteiger partial charge in [0.25, 0.3) is 0 Å². The van der Waals surface area contributed by atoms with Crippen LogP contribution in [0, 0.1) is 11.8 Å². The van der Waals surface area contributed by atoms with E-state index in [1.165, 1.54) is 0 Å². The van der Waals surface area contributed by atoms with E-state index in [0.29, 0.717) is 0 Å². The Morgan fingerprint density at radius 1 is 1.25 bits per heavy atom. The molecule has 1 amide bonds. The molecule has 0 saturated carbocycles. The molecule has 0 aromatic rings. The van der Waals surface area contributed by atoms with Gasteiger partial charge in [0.15, 0.2) is 0 Å². The summed E-state index contributed by atoms with van der Waals surface area (Å²) in [4.78, 5) is 22.5. The zero-order valence-corrected chi connectivity index (χ0v) is 9.82. The van der Waals surface area contributed by atoms with Gasteiger partial charge in [-0.1, -0.05) is 13.8 Å². The van der Waals surface area contributed by atoms with Gasteiger partial charge in [-0.3, -0.25) is 9.59 Å². The van der Waals surface area contributed by atoms with Crippen molar-refractivity contribution in [1.82, 2.24) is 10.6 Å². The van der Waals surface area contributed by atoms with Crippen LogP contribution in [0.1, 0.15) is 26.7 Å². The Hall–Kier alpha value is -1.10. The number of rotatable bonds is 4. The van der Waals surface area contributed by atoms with Crippen molar-refractivity contribution in [1.29, 1.82) is 0 Å². The van der Waals surface area contributed by atoms with Crippen molar-refractivity contribution in [3.63, 3.8) is 0 Å². The maximum Gasteiger partial charge on any atom is 0.307 e. The Labute approximate surface area is 95.6 Å². The fourth-order valence-electron chi connectivity index (χ4n) is 1.74. The number of carbonyl (C=O) groups excluding carboxylic acids is 1. The van der Waals surface area contributed by atoms with Gasteiger partial charge in [0.05, 0.1) is 5.92 Å². The van der Waals surface area contributed by atoms with E-state index >= 15 is 0 Å². The van der Waals surface area contributed by atoms with Crippen LogP contribution in [0.4, 0.5) is 0 Å². The monoisotopic (exact) mass is 228 g/mol. The summed E-state index contributed by atoms with van der Waals surface area (Å²) in [6.45, 7) is 5.05. The first kappa shape index (κ1) is 13.0. The molecule has 0 radical (unpaired) electrons. The Kier molecular flexibility index (Phi) is 4.73. The third-order valence-corrected chi connectivity index (χ3v) is 3.24. The molecule has 16 heavy (non-hydrogen) atoms. The summed E-state index contributed by atoms with van der Waals surface area (Å²) < 4.78 is 0. The van der Waals surface area contributed by atoms with E-state index in [0.717, 1.165) is 25.9 Å². The lowest BCUT2D eigenvalue weighted by Crippen LogP contribution is -2.46. The van der Waals surface area contributed by atoms with Crippen LogP contribution in [0.3, 0.4) is 0 Å². The molecule has 1 rings (SSSR count). The minimum atomic E-state index is -0.923. The molecule has 3 N–H and O–H groups in total. The van der Waals surface area contributed by atoms with Gasteiger partial charge >= 0.3 is 5.97 Å². The van der Waals surface area contributed by atoms with Gasteiger partial charge in [-0.15, -0.1) is 0 Å². The molecule has 0 spiro atoms. The summed E-state index contributed by atoms with van der Waals surface area (Å²) in [5.74, 6) is -2.19. The highest BCUT2D eigenvalue weighted by Crippen LogP contribution is 2.12. The second-order valence-corrected chi connectivity index (χ2v) is 4.45. The molecule has 1 heterocycles. The SMILES string of the molecule is CC(C(=O)O)C(C)C(=O)NC1CCNCC1. The van der Waals surface area contributed by atoms with Gasteiger partial charge in [-0.25, -0.2) is 0 Å². The van der Waals surface area contributed by atoms with Gasteiger partial charge in [0, 0.05) is 12.0 Å². The Bertz CT molecular complexity index is 262. The molecule has 0 aromatic carbocycles. The number of hydrogen-bond donors (Lipinski definition) is 3. The average Bonchev–Trinajstić information content (AvgIpc) is 2.28. The number of hydrogen-bond acceptors (Lipinski definition) is 3. The van der Waals surface area contributed by atoms with E-state index in [9.17, 15) is 9.59 Å². The fourth-order valence-corrected chi connectivity index (χ4v) is 1.74. The molecule has 1 fully saturated rings. The van der Waals surface area contributed by atoms with E-state index in [4.69, 9.17) is 5.11 Å². The molecule has 1 aliphatic rings. The third kappa shape index (κ3) is 3.48. The number of carboxylic acids is 1. The highest BCUT2D eigenvalue weighted by molar-refractivity contribution is 5.84. The van der Waals surface area contributed by atoms with Gasteiger partial charge in [0.2, 0.25) is 5.91 Å². The lowest BCUT2D eigenvalue weighted by atomic mass is 9.94. The van der Waals surface area contributed by atoms with Crippen molar-refractivity contribution >= 4 is 11.9 Å². The number of piperidine rings is 1. The number of carbonyl (C=O) groups is 2. The highest BCUT2D eigenvalue weighted by atomic mass is 16.4. The molecule has 0 aromatic heterocycles. The third-order valence-electron chi connectivity index (χ3n) is 3.24. The second-order valence-electron chi connectivity index (χ2n) is 4.45. The van der Waals surface area contributed by atoms with Crippen LogP contribution in [0.5, 0.6) is 0 Å². The maximum atomic E-state index is 11.8. The first-order valence-electron chi connectivity index (χ1n) is 5.76. The molecular formula is C11H20N2O3. The van der Waals surface area contributed by atoms with Crippen LogP contribution < -0.4 is 10.6 Å². The molecule has 92 valence electrons. The largest absolute Gasteiger partial charge is 0.481 e. The fraction of sp³-hybridized carbons (Fsp3) is 0.818. The van der Waals surface area contributed by atoms with Crippen LogP contribution in [0.25, 0.3) is 0 Å². The second kappa shape index (κ2) is 5.84. The van der Waals surface area contributed by atoms with Crippen LogP contribution in [-0.4, -0.2) is 36.1 Å². The van der Waals surface area contributed by atoms with Crippen LogP contribution in [-0.2, 0) is 9.59 Å². The molecule has 1 saturated heterocycles. The molecule has 5 nitrogen and oxygen atoms in total. The molecule has 2 unspecified atom stereocenters. The summed E-state index contributed by atoms with van der Waals surface area (Å²) in [5, 5.41) is 14.9. The van der Waals surface area contributed by atoms with E-state index in [-0.39, 0.29) is 11.9 Å². The number of amides is 1. The standard InChI is InChI=1S/C11H20N2O3/c1-7(8(2)11(15)16)10(14)13-9-3-5-12-6-4-9/h7-9,12H,3-6H2,1-2H3,(H,13,14)(H,15,16). The Morgan fingerprint density at radius 3 is 2.31 bits per heavy atom. The lowest BCUT2D eigenvalue weighted by molar-refractivity contribution is -0.146. The molecule has 5 heteroatoms. The van der Waals surface area contributed by atoms with E-state index in [1.807, 2.05) is 0 Å². The smallest absolute Gasteiger partial charge is 0.307 e. The zero-order valence-electron chi connectivity index (χ0n) is 9.82. The first-order chi connectivity index (χ1) is 7.52. The summed E-state index contributed by atoms with van der Waals surface area (Å²) in [5.41, 5.74) is 0. The predicted octanol–water partition coefficient (Wildman–Crippen LogP) is 0.211. The molecule has 2 atom stereocenters. The van der Waals surface area contributed by atoms with Gasteiger partial charge in [-0.05, 0) is 25.9 Å². The predicted molar refractivity (Wildman–Crippen MR) is 60.0 cm³/mol. The minimum Gasteiger partial charge on any atom is -0.481 e. The van der Waals surface area contributed by atoms with Crippen LogP contribution >= 0.6 is 0 Å². The van der Waals surface area contributed by atoms with Crippen molar-refractivity contribution in [2.24, 2.45) is 11.8 Å². The van der Waals surface area contributed by atoms with E-state index in [1.54, 1.807) is 13.8 Å². The summed E-state index contributed by atoms with van der Waals surface area (Å²) in [7, 11) is 0. The summed E-state index contributed by atoms with van der Waals surface area (Å²) >= 11 is 0. The minimum absolute atomic E-state index is 0.151. The van der Waals surface area contributed by atoms with Gasteiger partial charge in [0.1, 0.15) is 0 Å². The quantitative estimate of drug-likeness (QED) is 0.643. The molecule has 0 bridgehead atoms. The Balaban J connectivity index is 2.41. The number of carboxylic acid groups (broad SMARTS) is 1. The summed E-state index contributed by atoms with van der Waals surface area (Å²) in [6, 6.07) is 0.192. The lowest BCUT2D eigenvalue weighted by Gasteiger charge is -2.26. The zero-order chi connectivity index (χ0) is 12.1. The highest BCUT2D eigenvalue weighted by Gasteiger charge is 2.27. The topological polar surface area (TPSA) is 78.4 Å². The van der Waals surface area contributed by atoms with Gasteiger partial charge in [-0.2, -0.15) is 0 Å². The van der Waals surface area contributed by atoms with Crippen molar-refractivity contribution in [3.05, 3.63) is 0 Å². The average molecular weight is 228 g/mol. The Morgan fingerprint density at radius 2 is 1.81 bits per heavy atom. The van der Waals surface area contributed by atoms with Crippen molar-refractivity contribution in [2.45, 2.75) is 32.7 Å². The van der Waals surface area contributed by atoms with Crippen LogP contribution in [0.15, 0.2) is 0 Å². The maximum absolute atomic E-state index is 11.8.